The van der Waals surface area contributed by atoms with E-state index in [2.05, 4.69) is 22.8 Å². The van der Waals surface area contributed by atoms with E-state index in [1.54, 1.807) is 11.3 Å². The average Bonchev–Trinajstić information content (AvgIpc) is 3.28. The number of carbonyl (C=O) groups excluding carboxylic acids is 1. The second-order valence-electron chi connectivity index (χ2n) is 6.74. The van der Waals surface area contributed by atoms with Crippen molar-refractivity contribution in [1.29, 1.82) is 0 Å². The zero-order chi connectivity index (χ0) is 18.6. The highest BCUT2D eigenvalue weighted by atomic mass is 32.2. The second-order valence-corrected chi connectivity index (χ2v) is 9.69. The lowest BCUT2D eigenvalue weighted by Crippen LogP contribution is -2.47. The first-order valence-corrected chi connectivity index (χ1v) is 11.7. The van der Waals surface area contributed by atoms with Crippen LogP contribution in [0.15, 0.2) is 29.6 Å². The first-order valence-electron chi connectivity index (χ1n) is 9.25. The molecule has 7 heteroatoms. The highest BCUT2D eigenvalue weighted by molar-refractivity contribution is 7.89. The van der Waals surface area contributed by atoms with E-state index in [0.29, 0.717) is 25.9 Å². The zero-order valence-electron chi connectivity index (χ0n) is 15.1. The molecule has 0 spiro atoms. The fourth-order valence-corrected chi connectivity index (χ4v) is 6.33. The van der Waals surface area contributed by atoms with Crippen molar-refractivity contribution in [2.24, 2.45) is 0 Å². The van der Waals surface area contributed by atoms with Crippen molar-refractivity contribution >= 4 is 37.4 Å². The number of fused-ring (bicyclic) bond motifs is 1. The van der Waals surface area contributed by atoms with E-state index in [4.69, 9.17) is 0 Å². The van der Waals surface area contributed by atoms with Gasteiger partial charge >= 0.3 is 0 Å². The minimum atomic E-state index is -3.34. The molecule has 1 N–H and O–H groups in total. The third kappa shape index (κ3) is 4.27. The van der Waals surface area contributed by atoms with Crippen molar-refractivity contribution in [2.75, 3.05) is 18.8 Å². The fraction of sp³-hybridized carbons (Fsp3) is 0.526. The summed E-state index contributed by atoms with van der Waals surface area (Å²) in [7, 11) is -3.34. The van der Waals surface area contributed by atoms with Gasteiger partial charge in [0.05, 0.1) is 5.75 Å². The Balaban J connectivity index is 1.57. The number of nitrogens with one attached hydrogen (secondary N) is 1. The van der Waals surface area contributed by atoms with Crippen LogP contribution >= 0.6 is 11.3 Å². The maximum Gasteiger partial charge on any atom is 0.238 e. The molecule has 0 radical (unpaired) electrons. The first-order chi connectivity index (χ1) is 12.5. The third-order valence-electron chi connectivity index (χ3n) is 4.87. The van der Waals surface area contributed by atoms with Crippen LogP contribution in [0.1, 0.15) is 38.2 Å². The van der Waals surface area contributed by atoms with Gasteiger partial charge in [0.2, 0.25) is 15.9 Å². The van der Waals surface area contributed by atoms with Crippen molar-refractivity contribution in [3.63, 3.8) is 0 Å². The molecule has 5 nitrogen and oxygen atoms in total. The van der Waals surface area contributed by atoms with Crippen molar-refractivity contribution in [3.8, 4) is 0 Å². The van der Waals surface area contributed by atoms with E-state index in [0.717, 1.165) is 19.3 Å². The molecule has 1 aromatic carbocycles. The predicted molar refractivity (Wildman–Crippen MR) is 107 cm³/mol. The summed E-state index contributed by atoms with van der Waals surface area (Å²) in [5, 5.41) is 6.31. The molecule has 0 bridgehead atoms. The van der Waals surface area contributed by atoms with Gasteiger partial charge in [-0.05, 0) is 48.1 Å². The molecular formula is C19H26N2O3S2. The number of amides is 1. The van der Waals surface area contributed by atoms with E-state index >= 15 is 0 Å². The van der Waals surface area contributed by atoms with Crippen LogP contribution in [0.5, 0.6) is 0 Å². The Bertz CT molecular complexity index is 861. The fourth-order valence-electron chi connectivity index (χ4n) is 3.44. The van der Waals surface area contributed by atoms with Gasteiger partial charge in [0.1, 0.15) is 6.04 Å². The van der Waals surface area contributed by atoms with Crippen LogP contribution in [0, 0.1) is 0 Å². The SMILES string of the molecule is CCCCS(=O)(=O)N1CCCC1C(=O)NCCc1csc2ccccc12. The Morgan fingerprint density at radius 2 is 2.15 bits per heavy atom. The number of nitrogens with zero attached hydrogens (tertiary/aromatic N) is 1. The minimum Gasteiger partial charge on any atom is -0.354 e. The maximum absolute atomic E-state index is 12.6. The molecule has 2 aromatic rings. The molecule has 1 aromatic heterocycles. The molecule has 0 saturated carbocycles. The Morgan fingerprint density at radius 3 is 2.96 bits per heavy atom. The molecule has 26 heavy (non-hydrogen) atoms. The van der Waals surface area contributed by atoms with Crippen molar-refractivity contribution in [3.05, 3.63) is 35.2 Å². The largest absolute Gasteiger partial charge is 0.354 e. The molecule has 1 aliphatic heterocycles. The highest BCUT2D eigenvalue weighted by Crippen LogP contribution is 2.26. The molecule has 1 saturated heterocycles. The third-order valence-corrected chi connectivity index (χ3v) is 7.84. The second kappa shape index (κ2) is 8.50. The topological polar surface area (TPSA) is 66.5 Å². The number of benzene rings is 1. The van der Waals surface area contributed by atoms with Crippen molar-refractivity contribution in [1.82, 2.24) is 9.62 Å². The quantitative estimate of drug-likeness (QED) is 0.748. The van der Waals surface area contributed by atoms with E-state index in [-0.39, 0.29) is 11.7 Å². The van der Waals surface area contributed by atoms with Crippen LogP contribution in [-0.4, -0.2) is 43.5 Å². The summed E-state index contributed by atoms with van der Waals surface area (Å²) in [6.45, 7) is 2.95. The number of hydrogen-bond acceptors (Lipinski definition) is 4. The number of thiophene rings is 1. The number of hydrogen-bond donors (Lipinski definition) is 1. The van der Waals surface area contributed by atoms with E-state index < -0.39 is 16.1 Å². The van der Waals surface area contributed by atoms with Crippen molar-refractivity contribution in [2.45, 2.75) is 45.1 Å². The number of rotatable bonds is 8. The number of carbonyl (C=O) groups is 1. The van der Waals surface area contributed by atoms with Gasteiger partial charge in [-0.3, -0.25) is 4.79 Å². The lowest BCUT2D eigenvalue weighted by Gasteiger charge is -2.23. The van der Waals surface area contributed by atoms with Gasteiger partial charge in [-0.2, -0.15) is 4.31 Å². The van der Waals surface area contributed by atoms with Crippen LogP contribution in [0.2, 0.25) is 0 Å². The summed E-state index contributed by atoms with van der Waals surface area (Å²) in [6, 6.07) is 7.70. The standard InChI is InChI=1S/C19H26N2O3S2/c1-2-3-13-26(23,24)21-12-6-8-17(21)19(22)20-11-10-15-14-25-18-9-5-4-7-16(15)18/h4-5,7,9,14,17H,2-3,6,8,10-13H2,1H3,(H,20,22). The zero-order valence-corrected chi connectivity index (χ0v) is 16.7. The maximum atomic E-state index is 12.6. The van der Waals surface area contributed by atoms with Crippen LogP contribution < -0.4 is 5.32 Å². The molecule has 1 unspecified atom stereocenters. The van der Waals surface area contributed by atoms with E-state index in [9.17, 15) is 13.2 Å². The van der Waals surface area contributed by atoms with Gasteiger partial charge < -0.3 is 5.32 Å². The lowest BCUT2D eigenvalue weighted by molar-refractivity contribution is -0.124. The molecule has 1 amide bonds. The smallest absolute Gasteiger partial charge is 0.238 e. The summed E-state index contributed by atoms with van der Waals surface area (Å²) in [6.07, 6.45) is 3.58. The van der Waals surface area contributed by atoms with E-state index in [1.165, 1.54) is 20.0 Å². The van der Waals surface area contributed by atoms with Gasteiger partial charge in [-0.1, -0.05) is 31.5 Å². The Morgan fingerprint density at radius 1 is 1.35 bits per heavy atom. The Hall–Kier alpha value is -1.44. The summed E-state index contributed by atoms with van der Waals surface area (Å²) < 4.78 is 27.6. The molecule has 142 valence electrons. The van der Waals surface area contributed by atoms with Gasteiger partial charge in [-0.15, -0.1) is 11.3 Å². The van der Waals surface area contributed by atoms with Gasteiger partial charge in [0.25, 0.3) is 0 Å². The van der Waals surface area contributed by atoms with Crippen LogP contribution in [0.3, 0.4) is 0 Å². The Kier molecular flexibility index (Phi) is 6.32. The summed E-state index contributed by atoms with van der Waals surface area (Å²) in [5.41, 5.74) is 1.23. The molecule has 1 aliphatic rings. The monoisotopic (exact) mass is 394 g/mol. The molecule has 1 fully saturated rings. The summed E-state index contributed by atoms with van der Waals surface area (Å²) in [5.74, 6) is -0.0316. The molecular weight excluding hydrogens is 368 g/mol. The average molecular weight is 395 g/mol. The summed E-state index contributed by atoms with van der Waals surface area (Å²) >= 11 is 1.71. The molecule has 2 heterocycles. The minimum absolute atomic E-state index is 0.133. The number of unbranched alkanes of at least 4 members (excludes halogenated alkanes) is 1. The first kappa shape index (κ1) is 19.3. The van der Waals surface area contributed by atoms with E-state index in [1.807, 2.05) is 19.1 Å². The van der Waals surface area contributed by atoms with Crippen LogP contribution in [-0.2, 0) is 21.2 Å². The lowest BCUT2D eigenvalue weighted by atomic mass is 10.1. The summed E-state index contributed by atoms with van der Waals surface area (Å²) in [4.78, 5) is 12.6. The molecule has 3 rings (SSSR count). The Labute approximate surface area is 159 Å². The predicted octanol–water partition coefficient (Wildman–Crippen LogP) is 3.15. The van der Waals surface area contributed by atoms with Crippen molar-refractivity contribution < 1.29 is 13.2 Å². The number of sulfonamides is 1. The molecule has 0 aliphatic carbocycles. The molecule has 1 atom stereocenters. The van der Waals surface area contributed by atoms with Gasteiger partial charge in [-0.25, -0.2) is 8.42 Å². The normalized spacial score (nSPS) is 18.4. The highest BCUT2D eigenvalue weighted by Gasteiger charge is 2.37. The van der Waals surface area contributed by atoms with Crippen LogP contribution in [0.4, 0.5) is 0 Å². The van der Waals surface area contributed by atoms with Gasteiger partial charge in [0.15, 0.2) is 0 Å². The van der Waals surface area contributed by atoms with Gasteiger partial charge in [0, 0.05) is 17.8 Å². The van der Waals surface area contributed by atoms with Crippen LogP contribution in [0.25, 0.3) is 10.1 Å².